The zero-order chi connectivity index (χ0) is 13.7. The maximum absolute atomic E-state index is 11.9. The summed E-state index contributed by atoms with van der Waals surface area (Å²) in [5.41, 5.74) is 2.25. The summed E-state index contributed by atoms with van der Waals surface area (Å²) in [5, 5.41) is 3.44. The maximum Gasteiger partial charge on any atom is 0.250 e. The minimum atomic E-state index is 0.0545. The summed E-state index contributed by atoms with van der Waals surface area (Å²) in [6, 6.07) is 15.8. The minimum Gasteiger partial charge on any atom is -0.311 e. The first-order valence-electron chi connectivity index (χ1n) is 6.67. The summed E-state index contributed by atoms with van der Waals surface area (Å²) in [4.78, 5) is 11.9. The Kier molecular flexibility index (Phi) is 4.53. The molecule has 1 N–H and O–H groups in total. The highest BCUT2D eigenvalue weighted by molar-refractivity contribution is 5.19. The van der Waals surface area contributed by atoms with Gasteiger partial charge in [0.15, 0.2) is 0 Å². The maximum atomic E-state index is 11.9. The molecular formula is C16H20N2O. The van der Waals surface area contributed by atoms with Crippen LogP contribution in [0.5, 0.6) is 0 Å². The van der Waals surface area contributed by atoms with Crippen molar-refractivity contribution in [3.05, 3.63) is 70.1 Å². The van der Waals surface area contributed by atoms with Gasteiger partial charge in [0.2, 0.25) is 0 Å². The third-order valence-corrected chi connectivity index (χ3v) is 3.29. The van der Waals surface area contributed by atoms with Crippen molar-refractivity contribution >= 4 is 0 Å². The van der Waals surface area contributed by atoms with Crippen LogP contribution in [0.1, 0.15) is 24.2 Å². The third kappa shape index (κ3) is 3.32. The van der Waals surface area contributed by atoms with Crippen molar-refractivity contribution in [2.24, 2.45) is 0 Å². The zero-order valence-electron chi connectivity index (χ0n) is 11.5. The molecule has 0 saturated heterocycles. The quantitative estimate of drug-likeness (QED) is 0.892. The Hall–Kier alpha value is -1.87. The van der Waals surface area contributed by atoms with Crippen LogP contribution in [-0.4, -0.2) is 11.1 Å². The van der Waals surface area contributed by atoms with E-state index in [0.717, 1.165) is 12.2 Å². The number of aromatic nitrogens is 1. The van der Waals surface area contributed by atoms with E-state index < -0.39 is 0 Å². The zero-order valence-corrected chi connectivity index (χ0v) is 11.5. The van der Waals surface area contributed by atoms with E-state index in [0.29, 0.717) is 6.54 Å². The first kappa shape index (κ1) is 13.6. The Balaban J connectivity index is 2.29. The lowest BCUT2D eigenvalue weighted by molar-refractivity contribution is 0.461. The van der Waals surface area contributed by atoms with Crippen LogP contribution < -0.4 is 10.9 Å². The smallest absolute Gasteiger partial charge is 0.250 e. The number of nitrogens with one attached hydrogen (secondary N) is 1. The molecule has 100 valence electrons. The van der Waals surface area contributed by atoms with E-state index in [1.807, 2.05) is 35.8 Å². The average Bonchev–Trinajstić information content (AvgIpc) is 2.43. The molecule has 0 amide bonds. The summed E-state index contributed by atoms with van der Waals surface area (Å²) in [6.45, 7) is 5.58. The molecule has 0 spiro atoms. The number of nitrogens with zero attached hydrogens (tertiary/aromatic N) is 1. The molecule has 1 heterocycles. The first-order chi connectivity index (χ1) is 9.22. The van der Waals surface area contributed by atoms with Crippen molar-refractivity contribution < 1.29 is 0 Å². The van der Waals surface area contributed by atoms with Gasteiger partial charge in [-0.15, -0.1) is 0 Å². The summed E-state index contributed by atoms with van der Waals surface area (Å²) in [5.74, 6) is 0. The van der Waals surface area contributed by atoms with Crippen LogP contribution in [0.25, 0.3) is 0 Å². The van der Waals surface area contributed by atoms with Gasteiger partial charge in [0.05, 0.1) is 6.04 Å². The Morgan fingerprint density at radius 3 is 2.47 bits per heavy atom. The van der Waals surface area contributed by atoms with Crippen molar-refractivity contribution in [2.75, 3.05) is 6.54 Å². The van der Waals surface area contributed by atoms with Crippen LogP contribution in [0.4, 0.5) is 0 Å². The average molecular weight is 256 g/mol. The molecule has 0 bridgehead atoms. The molecule has 1 unspecified atom stereocenters. The summed E-state index contributed by atoms with van der Waals surface area (Å²) < 4.78 is 1.82. The second kappa shape index (κ2) is 6.34. The summed E-state index contributed by atoms with van der Waals surface area (Å²) in [7, 11) is 0. The van der Waals surface area contributed by atoms with Gasteiger partial charge in [-0.2, -0.15) is 0 Å². The molecular weight excluding hydrogens is 236 g/mol. The van der Waals surface area contributed by atoms with Gasteiger partial charge in [0.25, 0.3) is 5.56 Å². The van der Waals surface area contributed by atoms with Gasteiger partial charge in [-0.25, -0.2) is 0 Å². The molecule has 2 rings (SSSR count). The van der Waals surface area contributed by atoms with Crippen LogP contribution in [0.3, 0.4) is 0 Å². The van der Waals surface area contributed by atoms with Gasteiger partial charge in [-0.3, -0.25) is 4.79 Å². The Morgan fingerprint density at radius 1 is 1.11 bits per heavy atom. The summed E-state index contributed by atoms with van der Waals surface area (Å²) >= 11 is 0. The highest BCUT2D eigenvalue weighted by atomic mass is 16.1. The molecule has 0 saturated carbocycles. The molecule has 0 radical (unpaired) electrons. The minimum absolute atomic E-state index is 0.0545. The van der Waals surface area contributed by atoms with Crippen molar-refractivity contribution in [1.29, 1.82) is 0 Å². The van der Waals surface area contributed by atoms with E-state index in [1.165, 1.54) is 5.56 Å². The van der Waals surface area contributed by atoms with Crippen molar-refractivity contribution in [3.8, 4) is 0 Å². The molecule has 0 aliphatic carbocycles. The Morgan fingerprint density at radius 2 is 1.84 bits per heavy atom. The molecule has 1 atom stereocenters. The number of benzene rings is 1. The third-order valence-electron chi connectivity index (χ3n) is 3.29. The molecule has 3 nitrogen and oxygen atoms in total. The molecule has 3 heteroatoms. The van der Waals surface area contributed by atoms with Gasteiger partial charge < -0.3 is 9.88 Å². The molecule has 2 aromatic rings. The van der Waals surface area contributed by atoms with Gasteiger partial charge in [-0.1, -0.05) is 43.3 Å². The summed E-state index contributed by atoms with van der Waals surface area (Å²) in [6.07, 6.45) is 0. The molecule has 1 aromatic carbocycles. The van der Waals surface area contributed by atoms with E-state index in [-0.39, 0.29) is 11.6 Å². The predicted octanol–water partition coefficient (Wildman–Crippen LogP) is 2.51. The monoisotopic (exact) mass is 256 g/mol. The SMILES string of the molecule is CCNC(Cn1c(C)cccc1=O)c1ccccc1. The van der Waals surface area contributed by atoms with Gasteiger partial charge in [0, 0.05) is 18.3 Å². The van der Waals surface area contributed by atoms with Crippen LogP contribution in [0.15, 0.2) is 53.3 Å². The molecule has 1 aromatic heterocycles. The van der Waals surface area contributed by atoms with E-state index >= 15 is 0 Å². The number of pyridine rings is 1. The van der Waals surface area contributed by atoms with Crippen LogP contribution >= 0.6 is 0 Å². The fraction of sp³-hybridized carbons (Fsp3) is 0.312. The fourth-order valence-corrected chi connectivity index (χ4v) is 2.26. The number of aryl methyl sites for hydroxylation is 1. The lowest BCUT2D eigenvalue weighted by atomic mass is 10.1. The lowest BCUT2D eigenvalue weighted by Crippen LogP contribution is -2.31. The second-order valence-corrected chi connectivity index (χ2v) is 4.64. The van der Waals surface area contributed by atoms with Gasteiger partial charge in [0.1, 0.15) is 0 Å². The Labute approximate surface area is 113 Å². The number of rotatable bonds is 5. The first-order valence-corrected chi connectivity index (χ1v) is 6.67. The van der Waals surface area contributed by atoms with Crippen LogP contribution in [0, 0.1) is 6.92 Å². The van der Waals surface area contributed by atoms with Crippen LogP contribution in [-0.2, 0) is 6.54 Å². The highest BCUT2D eigenvalue weighted by Gasteiger charge is 2.12. The standard InChI is InChI=1S/C16H20N2O/c1-3-17-15(14-9-5-4-6-10-14)12-18-13(2)8-7-11-16(18)19/h4-11,15,17H,3,12H2,1-2H3. The highest BCUT2D eigenvalue weighted by Crippen LogP contribution is 2.14. The van der Waals surface area contributed by atoms with Crippen molar-refractivity contribution in [1.82, 2.24) is 9.88 Å². The number of likely N-dealkylation sites (N-methyl/N-ethyl adjacent to an activating group) is 1. The topological polar surface area (TPSA) is 34.0 Å². The van der Waals surface area contributed by atoms with E-state index in [2.05, 4.69) is 24.4 Å². The van der Waals surface area contributed by atoms with Gasteiger partial charge in [-0.05, 0) is 25.1 Å². The van der Waals surface area contributed by atoms with E-state index in [1.54, 1.807) is 12.1 Å². The van der Waals surface area contributed by atoms with E-state index in [4.69, 9.17) is 0 Å². The number of hydrogen-bond acceptors (Lipinski definition) is 2. The number of hydrogen-bond donors (Lipinski definition) is 1. The second-order valence-electron chi connectivity index (χ2n) is 4.64. The van der Waals surface area contributed by atoms with Crippen molar-refractivity contribution in [3.63, 3.8) is 0 Å². The largest absolute Gasteiger partial charge is 0.311 e. The predicted molar refractivity (Wildman–Crippen MR) is 78.3 cm³/mol. The van der Waals surface area contributed by atoms with E-state index in [9.17, 15) is 4.79 Å². The molecule has 19 heavy (non-hydrogen) atoms. The molecule has 0 aliphatic heterocycles. The lowest BCUT2D eigenvalue weighted by Gasteiger charge is -2.21. The normalized spacial score (nSPS) is 12.3. The van der Waals surface area contributed by atoms with Crippen LogP contribution in [0.2, 0.25) is 0 Å². The van der Waals surface area contributed by atoms with Gasteiger partial charge >= 0.3 is 0 Å². The molecule has 0 aliphatic rings. The van der Waals surface area contributed by atoms with Crippen molar-refractivity contribution in [2.45, 2.75) is 26.4 Å². The Bertz CT molecular complexity index is 575. The molecule has 0 fully saturated rings. The fourth-order valence-electron chi connectivity index (χ4n) is 2.26.